The lowest BCUT2D eigenvalue weighted by molar-refractivity contribution is -0.138. The molecule has 0 radical (unpaired) electrons. The van der Waals surface area contributed by atoms with Crippen molar-refractivity contribution in [3.8, 4) is 23.0 Å². The Hall–Kier alpha value is -6.76. The van der Waals surface area contributed by atoms with Gasteiger partial charge in [-0.15, -0.1) is 10.2 Å². The maximum Gasteiger partial charge on any atom is 0.416 e. The van der Waals surface area contributed by atoms with Crippen LogP contribution in [0.1, 0.15) is 83.7 Å². The van der Waals surface area contributed by atoms with Crippen LogP contribution in [0, 0.1) is 0 Å². The molecule has 0 amide bonds. The Bertz CT molecular complexity index is 2940. The summed E-state index contributed by atoms with van der Waals surface area (Å²) in [6, 6.07) is 22.0. The molecule has 2 fully saturated rings. The van der Waals surface area contributed by atoms with Crippen LogP contribution in [0.25, 0.3) is 0 Å². The van der Waals surface area contributed by atoms with Crippen molar-refractivity contribution in [2.45, 2.75) is 84.7 Å². The molecule has 4 aliphatic rings. The summed E-state index contributed by atoms with van der Waals surface area (Å²) in [5.41, 5.74) is 0.946. The summed E-state index contributed by atoms with van der Waals surface area (Å²) in [5.74, 6) is 0.472. The molecule has 392 valence electrons. The van der Waals surface area contributed by atoms with Gasteiger partial charge in [0.2, 0.25) is 0 Å². The first-order valence-corrected chi connectivity index (χ1v) is 26.4. The largest absolute Gasteiger partial charge is 0.493 e. The lowest BCUT2D eigenvalue weighted by Crippen LogP contribution is -2.27. The molecule has 2 saturated heterocycles. The highest BCUT2D eigenvalue weighted by Gasteiger charge is 2.36. The molecule has 0 bridgehead atoms. The van der Waals surface area contributed by atoms with Gasteiger partial charge in [0.15, 0.2) is 11.6 Å². The van der Waals surface area contributed by atoms with E-state index in [2.05, 4.69) is 29.8 Å². The molecule has 6 heterocycles. The molecule has 4 aliphatic heterocycles. The molecule has 0 saturated carbocycles. The summed E-state index contributed by atoms with van der Waals surface area (Å²) in [6.45, 7) is 2.46. The second-order valence-electron chi connectivity index (χ2n) is 17.6. The number of alkyl halides is 6. The first-order valence-electron chi connectivity index (χ1n) is 23.5. The highest BCUT2D eigenvalue weighted by atomic mass is 32.2. The Morgan fingerprint density at radius 1 is 0.486 bits per heavy atom. The van der Waals surface area contributed by atoms with E-state index in [1.807, 2.05) is 0 Å². The Morgan fingerprint density at radius 3 is 1.24 bits per heavy atom. The molecule has 2 atom stereocenters. The number of ether oxygens (including phenoxy) is 6. The fraction of sp³-hybridized carbons (Fsp3) is 0.360. The van der Waals surface area contributed by atoms with Crippen LogP contribution in [0.5, 0.6) is 23.0 Å². The molecule has 2 N–H and O–H groups in total. The number of rotatable bonds is 12. The standard InChI is InChI=1S/2C25H24F3N3O5S/c2*26-25(27,28)16-3-5-21(23(14-16)36-17-7-11-34-12-8-17)19-9-13-35-22-15-18(4-6-20(19)22)37(32,33)31-24-2-1-10-29-30-24/h2*1-6,10,14-15,17,19H,7-9,11-13H2,(H,30,31)/t2*19-/m10/s1. The molecular weight excluding hydrogens is 1020 g/mol. The number of anilines is 2. The second-order valence-corrected chi connectivity index (χ2v) is 20.9. The average Bonchev–Trinajstić information content (AvgIpc) is 3.39. The minimum atomic E-state index is -4.51. The van der Waals surface area contributed by atoms with Crippen LogP contribution in [0.15, 0.2) is 119 Å². The number of aromatic nitrogens is 4. The average molecular weight is 1070 g/mol. The van der Waals surface area contributed by atoms with Crippen LogP contribution in [0.2, 0.25) is 0 Å². The van der Waals surface area contributed by atoms with Gasteiger partial charge in [-0.2, -0.15) is 36.5 Å². The SMILES string of the molecule is O=S(=O)(Nc1cccnn1)c1ccc2c(c1)OCC[C@@H]2c1ccc(C(F)(F)F)cc1OC1CCOCC1.O=S(=O)(Nc1cccnn1)c1ccc2c(c1)OCC[C@H]2c1ccc(C(F)(F)F)cc1OC1CCOCC1. The molecule has 4 aromatic carbocycles. The third-order valence-electron chi connectivity index (χ3n) is 12.6. The van der Waals surface area contributed by atoms with E-state index in [4.69, 9.17) is 28.4 Å². The number of nitrogens with one attached hydrogen (secondary N) is 2. The second kappa shape index (κ2) is 22.0. The van der Waals surface area contributed by atoms with Crippen LogP contribution in [-0.4, -0.2) is 89.1 Å². The minimum absolute atomic E-state index is 0.0383. The van der Waals surface area contributed by atoms with E-state index in [0.29, 0.717) is 98.7 Å². The molecule has 74 heavy (non-hydrogen) atoms. The van der Waals surface area contributed by atoms with Crippen LogP contribution < -0.4 is 28.4 Å². The van der Waals surface area contributed by atoms with Gasteiger partial charge in [0, 0.05) is 84.3 Å². The van der Waals surface area contributed by atoms with E-state index in [1.54, 1.807) is 24.3 Å². The normalized spacial score (nSPS) is 18.5. The highest BCUT2D eigenvalue weighted by molar-refractivity contribution is 7.93. The monoisotopic (exact) mass is 1070 g/mol. The van der Waals surface area contributed by atoms with E-state index in [0.717, 1.165) is 24.3 Å². The fourth-order valence-corrected chi connectivity index (χ4v) is 11.0. The van der Waals surface area contributed by atoms with Crippen LogP contribution in [0.3, 0.4) is 0 Å². The highest BCUT2D eigenvalue weighted by Crippen LogP contribution is 2.47. The first kappa shape index (κ1) is 52.1. The number of benzene rings is 4. The number of halogens is 6. The number of hydrogen-bond acceptors (Lipinski definition) is 14. The van der Waals surface area contributed by atoms with Gasteiger partial charge < -0.3 is 28.4 Å². The summed E-state index contributed by atoms with van der Waals surface area (Å²) in [4.78, 5) is -0.0766. The predicted octanol–water partition coefficient (Wildman–Crippen LogP) is 9.54. The molecule has 16 nitrogen and oxygen atoms in total. The van der Waals surface area contributed by atoms with E-state index in [9.17, 15) is 43.2 Å². The maximum absolute atomic E-state index is 13.5. The van der Waals surface area contributed by atoms with Gasteiger partial charge in [0.25, 0.3) is 20.0 Å². The van der Waals surface area contributed by atoms with Gasteiger partial charge >= 0.3 is 12.4 Å². The zero-order valence-corrected chi connectivity index (χ0v) is 40.8. The Kier molecular flexibility index (Phi) is 15.5. The van der Waals surface area contributed by atoms with Crippen LogP contribution in [0.4, 0.5) is 38.0 Å². The van der Waals surface area contributed by atoms with Crippen molar-refractivity contribution in [1.29, 1.82) is 0 Å². The summed E-state index contributed by atoms with van der Waals surface area (Å²) >= 11 is 0. The third-order valence-corrected chi connectivity index (χ3v) is 15.4. The fourth-order valence-electron chi connectivity index (χ4n) is 8.97. The Morgan fingerprint density at radius 2 is 0.878 bits per heavy atom. The van der Waals surface area contributed by atoms with E-state index in [-0.39, 0.29) is 70.2 Å². The maximum atomic E-state index is 13.5. The third kappa shape index (κ3) is 12.4. The van der Waals surface area contributed by atoms with Crippen molar-refractivity contribution in [2.24, 2.45) is 0 Å². The molecule has 6 aromatic rings. The van der Waals surface area contributed by atoms with Crippen molar-refractivity contribution in [3.05, 3.63) is 143 Å². The molecule has 10 rings (SSSR count). The number of hydrogen-bond donors (Lipinski definition) is 2. The number of nitrogens with zero attached hydrogens (tertiary/aromatic N) is 4. The van der Waals surface area contributed by atoms with Crippen molar-refractivity contribution < 1.29 is 71.6 Å². The smallest absolute Gasteiger partial charge is 0.416 e. The molecular formula is C50H48F6N6O10S2. The van der Waals surface area contributed by atoms with E-state index < -0.39 is 43.5 Å². The minimum Gasteiger partial charge on any atom is -0.493 e. The van der Waals surface area contributed by atoms with Crippen LogP contribution >= 0.6 is 0 Å². The van der Waals surface area contributed by atoms with Gasteiger partial charge in [-0.1, -0.05) is 24.3 Å². The van der Waals surface area contributed by atoms with Crippen molar-refractivity contribution >= 4 is 31.7 Å². The van der Waals surface area contributed by atoms with Gasteiger partial charge in [-0.05, 0) is 73.5 Å². The number of fused-ring (bicyclic) bond motifs is 2. The van der Waals surface area contributed by atoms with Gasteiger partial charge in [0.05, 0.1) is 60.6 Å². The zero-order valence-electron chi connectivity index (χ0n) is 39.1. The Balaban J connectivity index is 0.000000182. The lowest BCUT2D eigenvalue weighted by atomic mass is 9.85. The summed E-state index contributed by atoms with van der Waals surface area (Å²) in [5, 5.41) is 14.8. The summed E-state index contributed by atoms with van der Waals surface area (Å²) in [6.07, 6.45) is -3.37. The lowest BCUT2D eigenvalue weighted by Gasteiger charge is -2.30. The Labute approximate surface area is 421 Å². The quantitative estimate of drug-likeness (QED) is 0.110. The van der Waals surface area contributed by atoms with Gasteiger partial charge in [-0.3, -0.25) is 9.44 Å². The number of sulfonamides is 2. The topological polar surface area (TPSA) is 199 Å². The molecule has 0 unspecified atom stereocenters. The summed E-state index contributed by atoms with van der Waals surface area (Å²) in [7, 11) is -7.94. The molecule has 24 heteroatoms. The molecule has 0 spiro atoms. The van der Waals surface area contributed by atoms with E-state index in [1.165, 1.54) is 60.9 Å². The molecule has 0 aliphatic carbocycles. The first-order chi connectivity index (χ1) is 35.4. The van der Waals surface area contributed by atoms with Crippen LogP contribution in [-0.2, 0) is 41.9 Å². The zero-order chi connectivity index (χ0) is 52.1. The van der Waals surface area contributed by atoms with Gasteiger partial charge in [-0.25, -0.2) is 16.8 Å². The predicted molar refractivity (Wildman–Crippen MR) is 254 cm³/mol. The summed E-state index contributed by atoms with van der Waals surface area (Å²) < 4.78 is 172. The molecule has 2 aromatic heterocycles. The van der Waals surface area contributed by atoms with Gasteiger partial charge in [0.1, 0.15) is 35.2 Å². The van der Waals surface area contributed by atoms with Crippen molar-refractivity contribution in [1.82, 2.24) is 20.4 Å². The van der Waals surface area contributed by atoms with E-state index >= 15 is 0 Å². The van der Waals surface area contributed by atoms with Crippen molar-refractivity contribution in [3.63, 3.8) is 0 Å². The van der Waals surface area contributed by atoms with Crippen molar-refractivity contribution in [2.75, 3.05) is 49.1 Å².